The summed E-state index contributed by atoms with van der Waals surface area (Å²) in [5.74, 6) is 1.65. The Labute approximate surface area is 196 Å². The third-order valence-corrected chi connectivity index (χ3v) is 6.68. The van der Waals surface area contributed by atoms with E-state index in [2.05, 4.69) is 72.8 Å². The van der Waals surface area contributed by atoms with E-state index >= 15 is 0 Å². The standard InChI is InChI=1S/C28H23O.Zr/c1-2-6-19(5-1)17-28-24(15-16-29-28)22-10-9-21-12-13-25-23-8-4-3-7-20(23)11-14-26(25)27(21)18-22;/h1,3-5,7-8,11-16,22H,2,9-10,17-18H2;/q-1;. The van der Waals surface area contributed by atoms with Gasteiger partial charge in [0.2, 0.25) is 0 Å². The third-order valence-electron chi connectivity index (χ3n) is 6.68. The quantitative estimate of drug-likeness (QED) is 0.232. The van der Waals surface area contributed by atoms with E-state index in [-0.39, 0.29) is 26.2 Å². The van der Waals surface area contributed by atoms with Gasteiger partial charge >= 0.3 is 0 Å². The van der Waals surface area contributed by atoms with Crippen molar-refractivity contribution in [3.8, 4) is 0 Å². The van der Waals surface area contributed by atoms with Crippen LogP contribution in [0.15, 0.2) is 83.0 Å². The average molecular weight is 467 g/mol. The van der Waals surface area contributed by atoms with Crippen LogP contribution in [0, 0.1) is 6.08 Å². The maximum atomic E-state index is 5.92. The van der Waals surface area contributed by atoms with E-state index in [0.717, 1.165) is 31.4 Å². The monoisotopic (exact) mass is 465 g/mol. The van der Waals surface area contributed by atoms with Crippen LogP contribution in [0.2, 0.25) is 0 Å². The van der Waals surface area contributed by atoms with Crippen molar-refractivity contribution in [2.75, 3.05) is 0 Å². The van der Waals surface area contributed by atoms with Crippen molar-refractivity contribution in [2.45, 2.75) is 38.0 Å². The molecular weight excluding hydrogens is 444 g/mol. The van der Waals surface area contributed by atoms with E-state index in [4.69, 9.17) is 4.42 Å². The van der Waals surface area contributed by atoms with E-state index in [0.29, 0.717) is 5.92 Å². The van der Waals surface area contributed by atoms with Gasteiger partial charge in [-0.15, -0.1) is 6.42 Å². The third kappa shape index (κ3) is 3.36. The zero-order valence-corrected chi connectivity index (χ0v) is 19.4. The first-order valence-corrected chi connectivity index (χ1v) is 10.6. The van der Waals surface area contributed by atoms with Gasteiger partial charge in [0.25, 0.3) is 0 Å². The molecule has 0 saturated carbocycles. The van der Waals surface area contributed by atoms with Crippen LogP contribution < -0.4 is 0 Å². The Morgan fingerprint density at radius 2 is 1.83 bits per heavy atom. The van der Waals surface area contributed by atoms with Crippen LogP contribution in [0.25, 0.3) is 21.5 Å². The molecule has 6 rings (SSSR count). The Morgan fingerprint density at radius 1 is 0.933 bits per heavy atom. The number of benzene rings is 3. The second-order valence-electron chi connectivity index (χ2n) is 8.31. The van der Waals surface area contributed by atoms with Gasteiger partial charge in [0.15, 0.2) is 0 Å². The molecule has 0 saturated heterocycles. The Kier molecular flexibility index (Phi) is 5.38. The summed E-state index contributed by atoms with van der Waals surface area (Å²) in [5, 5.41) is 5.48. The molecule has 30 heavy (non-hydrogen) atoms. The van der Waals surface area contributed by atoms with Gasteiger partial charge in [-0.05, 0) is 75.9 Å². The van der Waals surface area contributed by atoms with Gasteiger partial charge in [-0.2, -0.15) is 6.08 Å². The molecule has 1 unspecified atom stereocenters. The van der Waals surface area contributed by atoms with Crippen LogP contribution in [0.1, 0.15) is 41.2 Å². The molecule has 2 aliphatic carbocycles. The molecule has 4 aromatic rings. The Balaban J connectivity index is 0.00000193. The second-order valence-corrected chi connectivity index (χ2v) is 8.31. The molecule has 0 spiro atoms. The number of fused-ring (bicyclic) bond motifs is 5. The first-order chi connectivity index (χ1) is 14.4. The molecule has 2 aliphatic rings. The van der Waals surface area contributed by atoms with Gasteiger partial charge in [0.1, 0.15) is 5.76 Å². The summed E-state index contributed by atoms with van der Waals surface area (Å²) in [6.07, 6.45) is 14.9. The van der Waals surface area contributed by atoms with Crippen molar-refractivity contribution >= 4 is 21.5 Å². The predicted octanol–water partition coefficient (Wildman–Crippen LogP) is 7.09. The smallest absolute Gasteiger partial charge is 0.108 e. The normalized spacial score (nSPS) is 17.7. The van der Waals surface area contributed by atoms with Crippen molar-refractivity contribution in [1.29, 1.82) is 0 Å². The number of hydrogen-bond acceptors (Lipinski definition) is 1. The van der Waals surface area contributed by atoms with Crippen molar-refractivity contribution in [3.05, 3.63) is 107 Å². The maximum Gasteiger partial charge on any atom is 0.108 e. The van der Waals surface area contributed by atoms with Gasteiger partial charge < -0.3 is 4.42 Å². The van der Waals surface area contributed by atoms with Crippen molar-refractivity contribution < 1.29 is 30.6 Å². The second kappa shape index (κ2) is 8.16. The molecule has 0 radical (unpaired) electrons. The molecule has 0 amide bonds. The number of aryl methyl sites for hydroxylation is 1. The minimum absolute atomic E-state index is 0. The van der Waals surface area contributed by atoms with Crippen molar-refractivity contribution in [1.82, 2.24) is 0 Å². The van der Waals surface area contributed by atoms with Crippen LogP contribution in [-0.4, -0.2) is 0 Å². The van der Waals surface area contributed by atoms with Crippen molar-refractivity contribution in [2.24, 2.45) is 0 Å². The zero-order chi connectivity index (χ0) is 19.2. The van der Waals surface area contributed by atoms with Crippen LogP contribution >= 0.6 is 0 Å². The van der Waals surface area contributed by atoms with Gasteiger partial charge in [0.05, 0.1) is 6.26 Å². The number of furan rings is 1. The fourth-order valence-electron chi connectivity index (χ4n) is 5.22. The molecule has 1 atom stereocenters. The molecular formula is C28H23OZr-. The van der Waals surface area contributed by atoms with Crippen molar-refractivity contribution in [3.63, 3.8) is 0 Å². The predicted molar refractivity (Wildman–Crippen MR) is 119 cm³/mol. The van der Waals surface area contributed by atoms with Crippen LogP contribution in [0.3, 0.4) is 0 Å². The Morgan fingerprint density at radius 3 is 2.73 bits per heavy atom. The Bertz CT molecular complexity index is 1290. The minimum atomic E-state index is 0. The van der Waals surface area contributed by atoms with E-state index in [9.17, 15) is 0 Å². The van der Waals surface area contributed by atoms with Gasteiger partial charge in [-0.25, -0.2) is 11.6 Å². The molecule has 3 aromatic carbocycles. The summed E-state index contributed by atoms with van der Waals surface area (Å²) in [6.45, 7) is 0. The maximum absolute atomic E-state index is 5.92. The molecule has 1 heterocycles. The largest absolute Gasteiger partial charge is 0.469 e. The topological polar surface area (TPSA) is 13.1 Å². The van der Waals surface area contributed by atoms with Crippen LogP contribution in [0.4, 0.5) is 0 Å². The fraction of sp³-hybridized carbons (Fsp3) is 0.214. The SMILES string of the molecule is [C-]1=C(Cc2occc2C2CCc3ccc4c(ccc5ccccc54)c3C2)C=CC1.[Zr]. The summed E-state index contributed by atoms with van der Waals surface area (Å²) in [6, 6.07) is 20.2. The molecule has 0 N–H and O–H groups in total. The summed E-state index contributed by atoms with van der Waals surface area (Å²) >= 11 is 0. The Hall–Kier alpha value is -2.18. The molecule has 0 bridgehead atoms. The van der Waals surface area contributed by atoms with E-state index in [1.165, 1.54) is 50.2 Å². The zero-order valence-electron chi connectivity index (χ0n) is 16.9. The van der Waals surface area contributed by atoms with Crippen LogP contribution in [-0.2, 0) is 45.5 Å². The molecule has 1 aromatic heterocycles. The fourth-order valence-corrected chi connectivity index (χ4v) is 5.22. The van der Waals surface area contributed by atoms with Gasteiger partial charge in [-0.3, -0.25) is 6.08 Å². The summed E-state index contributed by atoms with van der Waals surface area (Å²) in [5.41, 5.74) is 5.70. The summed E-state index contributed by atoms with van der Waals surface area (Å²) in [4.78, 5) is 0. The summed E-state index contributed by atoms with van der Waals surface area (Å²) in [7, 11) is 0. The number of hydrogen-bond donors (Lipinski definition) is 0. The van der Waals surface area contributed by atoms with E-state index < -0.39 is 0 Å². The first kappa shape index (κ1) is 19.8. The number of allylic oxidation sites excluding steroid dienone is 4. The van der Waals surface area contributed by atoms with Crippen LogP contribution in [0.5, 0.6) is 0 Å². The summed E-state index contributed by atoms with van der Waals surface area (Å²) < 4.78 is 5.92. The molecule has 146 valence electrons. The van der Waals surface area contributed by atoms with Gasteiger partial charge in [0, 0.05) is 26.2 Å². The minimum Gasteiger partial charge on any atom is -0.469 e. The molecule has 0 aliphatic heterocycles. The number of rotatable bonds is 3. The van der Waals surface area contributed by atoms with E-state index in [1.54, 1.807) is 0 Å². The first-order valence-electron chi connectivity index (χ1n) is 10.6. The molecule has 1 nitrogen and oxygen atoms in total. The van der Waals surface area contributed by atoms with E-state index in [1.807, 2.05) is 6.26 Å². The molecule has 2 heteroatoms. The molecule has 0 fully saturated rings. The average Bonchev–Trinajstić information content (AvgIpc) is 3.45. The van der Waals surface area contributed by atoms with Gasteiger partial charge in [-0.1, -0.05) is 48.5 Å².